The number of carbonyl (C=O) groups is 1. The SMILES string of the molecule is COc1cc(OC)nc(NC(=O)CC2(N)CCCCC2)n1. The van der Waals surface area contributed by atoms with Gasteiger partial charge in [-0.1, -0.05) is 19.3 Å². The number of carbonyl (C=O) groups excluding carboxylic acids is 1. The van der Waals surface area contributed by atoms with Crippen molar-refractivity contribution in [2.75, 3.05) is 19.5 Å². The van der Waals surface area contributed by atoms with Gasteiger partial charge < -0.3 is 15.2 Å². The van der Waals surface area contributed by atoms with Crippen LogP contribution >= 0.6 is 0 Å². The van der Waals surface area contributed by atoms with E-state index in [0.29, 0.717) is 11.8 Å². The van der Waals surface area contributed by atoms with Crippen molar-refractivity contribution in [3.05, 3.63) is 6.07 Å². The van der Waals surface area contributed by atoms with Crippen molar-refractivity contribution < 1.29 is 14.3 Å². The maximum atomic E-state index is 12.1. The molecule has 0 spiro atoms. The van der Waals surface area contributed by atoms with Crippen LogP contribution in [0.1, 0.15) is 38.5 Å². The Labute approximate surface area is 124 Å². The van der Waals surface area contributed by atoms with Gasteiger partial charge in [-0.3, -0.25) is 10.1 Å². The zero-order valence-electron chi connectivity index (χ0n) is 12.5. The van der Waals surface area contributed by atoms with Crippen LogP contribution in [0.2, 0.25) is 0 Å². The second-order valence-electron chi connectivity index (χ2n) is 5.42. The number of anilines is 1. The van der Waals surface area contributed by atoms with Crippen molar-refractivity contribution in [3.8, 4) is 11.8 Å². The van der Waals surface area contributed by atoms with Crippen molar-refractivity contribution >= 4 is 11.9 Å². The molecule has 0 unspecified atom stereocenters. The second-order valence-corrected chi connectivity index (χ2v) is 5.42. The summed E-state index contributed by atoms with van der Waals surface area (Å²) < 4.78 is 10.1. The van der Waals surface area contributed by atoms with Gasteiger partial charge in [0, 0.05) is 12.0 Å². The van der Waals surface area contributed by atoms with E-state index in [4.69, 9.17) is 15.2 Å². The molecule has 116 valence electrons. The third kappa shape index (κ3) is 4.29. The Morgan fingerprint density at radius 1 is 1.24 bits per heavy atom. The minimum atomic E-state index is -0.411. The van der Waals surface area contributed by atoms with Gasteiger partial charge >= 0.3 is 0 Å². The van der Waals surface area contributed by atoms with E-state index in [1.165, 1.54) is 20.6 Å². The van der Waals surface area contributed by atoms with E-state index in [1.807, 2.05) is 0 Å². The molecule has 1 aromatic heterocycles. The monoisotopic (exact) mass is 294 g/mol. The van der Waals surface area contributed by atoms with Crippen LogP contribution in [0.3, 0.4) is 0 Å². The van der Waals surface area contributed by atoms with Crippen LogP contribution in [0.4, 0.5) is 5.95 Å². The average molecular weight is 294 g/mol. The fourth-order valence-electron chi connectivity index (χ4n) is 2.59. The van der Waals surface area contributed by atoms with E-state index >= 15 is 0 Å². The van der Waals surface area contributed by atoms with E-state index < -0.39 is 5.54 Å². The number of amides is 1. The largest absolute Gasteiger partial charge is 0.481 e. The Hall–Kier alpha value is -1.89. The van der Waals surface area contributed by atoms with Crippen LogP contribution in [-0.2, 0) is 4.79 Å². The van der Waals surface area contributed by atoms with Crippen molar-refractivity contribution in [1.29, 1.82) is 0 Å². The Morgan fingerprint density at radius 3 is 2.33 bits per heavy atom. The lowest BCUT2D eigenvalue weighted by atomic mass is 9.80. The van der Waals surface area contributed by atoms with Crippen LogP contribution in [-0.4, -0.2) is 35.6 Å². The number of nitrogens with zero attached hydrogens (tertiary/aromatic N) is 2. The molecule has 2 rings (SSSR count). The number of nitrogens with one attached hydrogen (secondary N) is 1. The number of nitrogens with two attached hydrogens (primary N) is 1. The van der Waals surface area contributed by atoms with Crippen molar-refractivity contribution in [3.63, 3.8) is 0 Å². The van der Waals surface area contributed by atoms with E-state index in [2.05, 4.69) is 15.3 Å². The maximum Gasteiger partial charge on any atom is 0.236 e. The predicted octanol–water partition coefficient (Wildman–Crippen LogP) is 1.48. The lowest BCUT2D eigenvalue weighted by Crippen LogP contribution is -2.44. The van der Waals surface area contributed by atoms with E-state index in [0.717, 1.165) is 25.7 Å². The molecule has 1 amide bonds. The number of aromatic nitrogens is 2. The summed E-state index contributed by atoms with van der Waals surface area (Å²) in [5, 5.41) is 2.66. The summed E-state index contributed by atoms with van der Waals surface area (Å²) in [6, 6.07) is 1.54. The highest BCUT2D eigenvalue weighted by atomic mass is 16.5. The van der Waals surface area contributed by atoms with Crippen LogP contribution in [0, 0.1) is 0 Å². The minimum absolute atomic E-state index is 0.163. The first kappa shape index (κ1) is 15.5. The Balaban J connectivity index is 2.01. The second kappa shape index (κ2) is 6.71. The molecule has 1 saturated carbocycles. The highest BCUT2D eigenvalue weighted by molar-refractivity contribution is 5.89. The van der Waals surface area contributed by atoms with Gasteiger partial charge in [0.15, 0.2) is 0 Å². The van der Waals surface area contributed by atoms with E-state index in [-0.39, 0.29) is 18.3 Å². The molecule has 1 aliphatic carbocycles. The summed E-state index contributed by atoms with van der Waals surface area (Å²) in [7, 11) is 2.98. The number of rotatable bonds is 5. The Morgan fingerprint density at radius 2 is 1.81 bits per heavy atom. The predicted molar refractivity (Wildman–Crippen MR) is 78.4 cm³/mol. The first-order valence-electron chi connectivity index (χ1n) is 7.10. The van der Waals surface area contributed by atoms with Gasteiger partial charge in [0.2, 0.25) is 23.6 Å². The van der Waals surface area contributed by atoms with Crippen molar-refractivity contribution in [2.24, 2.45) is 5.73 Å². The summed E-state index contributed by atoms with van der Waals surface area (Å²) in [6.45, 7) is 0. The molecule has 0 aromatic carbocycles. The Kier molecular flexibility index (Phi) is 4.95. The molecule has 1 aliphatic rings. The third-order valence-corrected chi connectivity index (χ3v) is 3.71. The molecule has 0 atom stereocenters. The average Bonchev–Trinajstić information content (AvgIpc) is 2.46. The van der Waals surface area contributed by atoms with E-state index in [9.17, 15) is 4.79 Å². The quantitative estimate of drug-likeness (QED) is 0.853. The summed E-state index contributed by atoms with van der Waals surface area (Å²) in [4.78, 5) is 20.3. The standard InChI is InChI=1S/C14H22N4O3/c1-20-11-8-12(21-2)18-13(17-11)16-10(19)9-14(15)6-4-3-5-7-14/h8H,3-7,9,15H2,1-2H3,(H,16,17,18,19). The molecule has 7 heteroatoms. The molecule has 0 saturated heterocycles. The molecule has 0 radical (unpaired) electrons. The smallest absolute Gasteiger partial charge is 0.236 e. The van der Waals surface area contributed by atoms with Crippen molar-refractivity contribution in [2.45, 2.75) is 44.1 Å². The van der Waals surface area contributed by atoms with Gasteiger partial charge in [-0.2, -0.15) is 9.97 Å². The third-order valence-electron chi connectivity index (χ3n) is 3.71. The molecule has 1 fully saturated rings. The molecular formula is C14H22N4O3. The Bertz CT molecular complexity index is 479. The number of methoxy groups -OCH3 is 2. The lowest BCUT2D eigenvalue weighted by Gasteiger charge is -2.32. The molecule has 3 N–H and O–H groups in total. The normalized spacial score (nSPS) is 17.1. The van der Waals surface area contributed by atoms with Gasteiger partial charge in [0.1, 0.15) is 0 Å². The summed E-state index contributed by atoms with van der Waals surface area (Å²) >= 11 is 0. The molecule has 7 nitrogen and oxygen atoms in total. The zero-order chi connectivity index (χ0) is 15.3. The van der Waals surface area contributed by atoms with Crippen LogP contribution in [0.15, 0.2) is 6.07 Å². The summed E-state index contributed by atoms with van der Waals surface area (Å²) in [6.07, 6.45) is 5.37. The fourth-order valence-corrected chi connectivity index (χ4v) is 2.59. The molecule has 21 heavy (non-hydrogen) atoms. The topological polar surface area (TPSA) is 99.4 Å². The molecule has 1 aromatic rings. The highest BCUT2D eigenvalue weighted by Gasteiger charge is 2.30. The van der Waals surface area contributed by atoms with E-state index in [1.54, 1.807) is 6.07 Å². The number of hydrogen-bond acceptors (Lipinski definition) is 6. The van der Waals surface area contributed by atoms with Gasteiger partial charge in [-0.15, -0.1) is 0 Å². The molecule has 1 heterocycles. The van der Waals surface area contributed by atoms with Gasteiger partial charge in [0.05, 0.1) is 20.3 Å². The molecule has 0 bridgehead atoms. The number of hydrogen-bond donors (Lipinski definition) is 2. The minimum Gasteiger partial charge on any atom is -0.481 e. The lowest BCUT2D eigenvalue weighted by molar-refractivity contribution is -0.117. The van der Waals surface area contributed by atoms with Crippen LogP contribution in [0.25, 0.3) is 0 Å². The first-order valence-corrected chi connectivity index (χ1v) is 7.10. The van der Waals surface area contributed by atoms with Crippen LogP contribution in [0.5, 0.6) is 11.8 Å². The number of ether oxygens (including phenoxy) is 2. The van der Waals surface area contributed by atoms with Gasteiger partial charge in [-0.05, 0) is 12.8 Å². The van der Waals surface area contributed by atoms with Gasteiger partial charge in [0.25, 0.3) is 0 Å². The fraction of sp³-hybridized carbons (Fsp3) is 0.643. The zero-order valence-corrected chi connectivity index (χ0v) is 12.5. The first-order chi connectivity index (χ1) is 10.0. The maximum absolute atomic E-state index is 12.1. The van der Waals surface area contributed by atoms with Crippen molar-refractivity contribution in [1.82, 2.24) is 9.97 Å². The van der Waals surface area contributed by atoms with Crippen LogP contribution < -0.4 is 20.5 Å². The molecular weight excluding hydrogens is 272 g/mol. The summed E-state index contributed by atoms with van der Waals surface area (Å²) in [5.74, 6) is 0.639. The summed E-state index contributed by atoms with van der Waals surface area (Å²) in [5.41, 5.74) is 5.86. The van der Waals surface area contributed by atoms with Gasteiger partial charge in [-0.25, -0.2) is 0 Å². The highest BCUT2D eigenvalue weighted by Crippen LogP contribution is 2.29. The molecule has 0 aliphatic heterocycles.